The predicted molar refractivity (Wildman–Crippen MR) is 132 cm³/mol. The monoisotopic (exact) mass is 528 g/mol. The smallest absolute Gasteiger partial charge is 0.417 e. The molecule has 2 N–H and O–H groups in total. The number of nitrogens with zero attached hydrogens (tertiary/aromatic N) is 3. The molecule has 4 rings (SSSR count). The molecule has 198 valence electrons. The maximum absolute atomic E-state index is 15.0. The summed E-state index contributed by atoms with van der Waals surface area (Å²) in [6.45, 7) is 1.86. The lowest BCUT2D eigenvalue weighted by atomic mass is 9.99. The van der Waals surface area contributed by atoms with Crippen LogP contribution in [0.25, 0.3) is 22.4 Å². The van der Waals surface area contributed by atoms with Gasteiger partial charge in [-0.3, -0.25) is 9.48 Å². The van der Waals surface area contributed by atoms with Gasteiger partial charge in [0.05, 0.1) is 30.0 Å². The van der Waals surface area contributed by atoms with Crippen molar-refractivity contribution in [2.45, 2.75) is 25.7 Å². The Morgan fingerprint density at radius 2 is 1.84 bits per heavy atom. The molecule has 11 heteroatoms. The van der Waals surface area contributed by atoms with Crippen molar-refractivity contribution in [3.05, 3.63) is 89.5 Å². The van der Waals surface area contributed by atoms with Gasteiger partial charge in [0.2, 0.25) is 0 Å². The van der Waals surface area contributed by atoms with E-state index in [0.29, 0.717) is 22.9 Å². The maximum Gasteiger partial charge on any atom is 0.417 e. The zero-order chi connectivity index (χ0) is 27.4. The van der Waals surface area contributed by atoms with E-state index in [9.17, 15) is 27.5 Å². The Labute approximate surface area is 215 Å². The lowest BCUT2D eigenvalue weighted by Gasteiger charge is -2.20. The van der Waals surface area contributed by atoms with Gasteiger partial charge in [0.1, 0.15) is 11.6 Å². The van der Waals surface area contributed by atoms with E-state index >= 15 is 0 Å². The van der Waals surface area contributed by atoms with Crippen molar-refractivity contribution >= 4 is 11.8 Å². The number of hydrogen-bond acceptors (Lipinski definition) is 6. The maximum atomic E-state index is 15.0. The van der Waals surface area contributed by atoms with E-state index in [1.807, 2.05) is 6.07 Å². The highest BCUT2D eigenvalue weighted by Crippen LogP contribution is 2.39. The highest BCUT2D eigenvalue weighted by molar-refractivity contribution is 5.77. The topological polar surface area (TPSA) is 89.3 Å². The quantitative estimate of drug-likeness (QED) is 0.178. The molecule has 0 spiro atoms. The fraction of sp³-hybridized carbons (Fsp3) is 0.222. The molecule has 0 amide bonds. The number of ether oxygens (including phenoxy) is 1. The molecular formula is C27H24F4N4O3. The number of aliphatic hydroxyl groups excluding tert-OH is 1. The van der Waals surface area contributed by atoms with Crippen molar-refractivity contribution < 1.29 is 32.2 Å². The Balaban J connectivity index is 1.76. The number of halogens is 4. The number of alkyl halides is 3. The van der Waals surface area contributed by atoms with Crippen molar-refractivity contribution in [1.82, 2.24) is 14.8 Å². The molecule has 0 bridgehead atoms. The average molecular weight is 529 g/mol. The standard InChI is InChI=1S/C27H24F4N4O3/c1-3-38-24(36)13-17-9-10-18(16-7-5-4-6-8-16)25(32-17)33-26(37)20-14-19(23-11-12-35(2)34-23)21(15-22(20)28)27(29,30)31/h4-12,14-15,26,37H,3,13H2,1-2H3,(H,32,33). The van der Waals surface area contributed by atoms with Crippen LogP contribution in [0.5, 0.6) is 0 Å². The molecule has 38 heavy (non-hydrogen) atoms. The molecular weight excluding hydrogens is 504 g/mol. The summed E-state index contributed by atoms with van der Waals surface area (Å²) in [5, 5.41) is 17.7. The van der Waals surface area contributed by atoms with E-state index < -0.39 is 35.3 Å². The van der Waals surface area contributed by atoms with E-state index in [2.05, 4.69) is 15.4 Å². The van der Waals surface area contributed by atoms with Crippen molar-refractivity contribution in [1.29, 1.82) is 0 Å². The fourth-order valence-corrected chi connectivity index (χ4v) is 3.93. The molecule has 0 aliphatic rings. The lowest BCUT2D eigenvalue weighted by molar-refractivity contribution is -0.142. The zero-order valence-electron chi connectivity index (χ0n) is 20.5. The van der Waals surface area contributed by atoms with Crippen LogP contribution < -0.4 is 5.32 Å². The van der Waals surface area contributed by atoms with Crippen LogP contribution in [-0.4, -0.2) is 32.4 Å². The molecule has 2 heterocycles. The molecule has 0 fully saturated rings. The summed E-state index contributed by atoms with van der Waals surface area (Å²) in [6, 6.07) is 14.9. The molecule has 7 nitrogen and oxygen atoms in total. The second-order valence-electron chi connectivity index (χ2n) is 8.39. The molecule has 1 unspecified atom stereocenters. The number of hydrogen-bond donors (Lipinski definition) is 2. The summed E-state index contributed by atoms with van der Waals surface area (Å²) in [7, 11) is 1.54. The molecule has 0 radical (unpaired) electrons. The first kappa shape index (κ1) is 26.8. The number of rotatable bonds is 8. The highest BCUT2D eigenvalue weighted by atomic mass is 19.4. The first-order valence-electron chi connectivity index (χ1n) is 11.6. The van der Waals surface area contributed by atoms with Gasteiger partial charge >= 0.3 is 12.1 Å². The Hall–Kier alpha value is -4.25. The molecule has 0 aliphatic carbocycles. The number of pyridine rings is 1. The van der Waals surface area contributed by atoms with Crippen LogP contribution in [0.2, 0.25) is 0 Å². The molecule has 4 aromatic rings. The van der Waals surface area contributed by atoms with E-state index in [-0.39, 0.29) is 30.1 Å². The van der Waals surface area contributed by atoms with E-state index in [0.717, 1.165) is 6.07 Å². The van der Waals surface area contributed by atoms with Gasteiger partial charge in [-0.2, -0.15) is 18.3 Å². The van der Waals surface area contributed by atoms with Crippen molar-refractivity contribution in [2.24, 2.45) is 7.05 Å². The van der Waals surface area contributed by atoms with Crippen molar-refractivity contribution in [2.75, 3.05) is 11.9 Å². The molecule has 2 aromatic heterocycles. The zero-order valence-corrected chi connectivity index (χ0v) is 20.5. The van der Waals surface area contributed by atoms with Crippen LogP contribution in [-0.2, 0) is 29.2 Å². The normalized spacial score (nSPS) is 12.3. The summed E-state index contributed by atoms with van der Waals surface area (Å²) < 4.78 is 62.4. The van der Waals surface area contributed by atoms with Gasteiger partial charge in [0, 0.05) is 29.9 Å². The molecule has 0 aliphatic heterocycles. The summed E-state index contributed by atoms with van der Waals surface area (Å²) in [5.41, 5.74) is -0.524. The molecule has 0 saturated heterocycles. The third kappa shape index (κ3) is 6.00. The van der Waals surface area contributed by atoms with Gasteiger partial charge in [0.25, 0.3) is 0 Å². The third-order valence-corrected chi connectivity index (χ3v) is 5.67. The number of benzene rings is 2. The number of nitrogens with one attached hydrogen (secondary N) is 1. The Bertz CT molecular complexity index is 1440. The van der Waals surface area contributed by atoms with Crippen LogP contribution >= 0.6 is 0 Å². The van der Waals surface area contributed by atoms with Crippen molar-refractivity contribution in [3.8, 4) is 22.4 Å². The molecule has 0 saturated carbocycles. The predicted octanol–water partition coefficient (Wildman–Crippen LogP) is 5.52. The highest BCUT2D eigenvalue weighted by Gasteiger charge is 2.36. The van der Waals surface area contributed by atoms with Crippen molar-refractivity contribution in [3.63, 3.8) is 0 Å². The minimum absolute atomic E-state index is 0.0344. The van der Waals surface area contributed by atoms with Gasteiger partial charge in [-0.15, -0.1) is 0 Å². The number of carbonyl (C=O) groups excluding carboxylic acids is 1. The number of carbonyl (C=O) groups is 1. The van der Waals surface area contributed by atoms with Gasteiger partial charge in [-0.1, -0.05) is 30.3 Å². The lowest BCUT2D eigenvalue weighted by Crippen LogP contribution is -2.17. The second-order valence-corrected chi connectivity index (χ2v) is 8.39. The minimum atomic E-state index is -4.85. The Morgan fingerprint density at radius 3 is 2.47 bits per heavy atom. The molecule has 2 aromatic carbocycles. The first-order chi connectivity index (χ1) is 18.1. The number of aromatic nitrogens is 3. The van der Waals surface area contributed by atoms with E-state index in [1.165, 1.54) is 24.0 Å². The minimum Gasteiger partial charge on any atom is -0.466 e. The second kappa shape index (κ2) is 11.0. The van der Waals surface area contributed by atoms with Crippen LogP contribution in [0.15, 0.2) is 66.9 Å². The van der Waals surface area contributed by atoms with Crippen LogP contribution in [0.3, 0.4) is 0 Å². The van der Waals surface area contributed by atoms with Gasteiger partial charge in [0.15, 0.2) is 6.23 Å². The summed E-state index contributed by atoms with van der Waals surface area (Å²) in [4.78, 5) is 16.4. The summed E-state index contributed by atoms with van der Waals surface area (Å²) >= 11 is 0. The Kier molecular flexibility index (Phi) is 7.77. The number of anilines is 1. The van der Waals surface area contributed by atoms with Crippen LogP contribution in [0, 0.1) is 5.82 Å². The third-order valence-electron chi connectivity index (χ3n) is 5.67. The average Bonchev–Trinajstić information content (AvgIpc) is 3.30. The van der Waals surface area contributed by atoms with Gasteiger partial charge in [-0.05, 0) is 42.8 Å². The first-order valence-corrected chi connectivity index (χ1v) is 11.6. The Morgan fingerprint density at radius 1 is 1.11 bits per heavy atom. The fourth-order valence-electron chi connectivity index (χ4n) is 3.93. The number of aliphatic hydroxyl groups is 1. The molecule has 1 atom stereocenters. The van der Waals surface area contributed by atoms with Gasteiger partial charge < -0.3 is 15.2 Å². The summed E-state index contributed by atoms with van der Waals surface area (Å²) in [6.07, 6.45) is -5.33. The number of esters is 1. The van der Waals surface area contributed by atoms with E-state index in [1.54, 1.807) is 43.3 Å². The van der Waals surface area contributed by atoms with Crippen LogP contribution in [0.1, 0.15) is 30.0 Å². The van der Waals surface area contributed by atoms with Crippen LogP contribution in [0.4, 0.5) is 23.4 Å². The number of aryl methyl sites for hydroxylation is 1. The van der Waals surface area contributed by atoms with Gasteiger partial charge in [-0.25, -0.2) is 9.37 Å². The summed E-state index contributed by atoms with van der Waals surface area (Å²) in [5.74, 6) is -1.67. The SMILES string of the molecule is CCOC(=O)Cc1ccc(-c2ccccc2)c(NC(O)c2cc(-c3ccn(C)n3)c(C(F)(F)F)cc2F)n1. The largest absolute Gasteiger partial charge is 0.466 e. The van der Waals surface area contributed by atoms with E-state index in [4.69, 9.17) is 4.74 Å².